The van der Waals surface area contributed by atoms with Crippen molar-refractivity contribution in [2.75, 3.05) is 13.1 Å². The predicted octanol–water partition coefficient (Wildman–Crippen LogP) is 1.89. The van der Waals surface area contributed by atoms with Gasteiger partial charge in [-0.05, 0) is 25.7 Å². The van der Waals surface area contributed by atoms with Crippen molar-refractivity contribution in [2.24, 2.45) is 5.92 Å². The lowest BCUT2D eigenvalue weighted by molar-refractivity contribution is 0.244. The molecule has 2 heterocycles. The molecule has 6 heteroatoms. The third-order valence-electron chi connectivity index (χ3n) is 3.85. The average molecular weight is 287 g/mol. The molecule has 1 fully saturated rings. The zero-order valence-corrected chi connectivity index (χ0v) is 12.2. The molecule has 1 aromatic rings. The van der Waals surface area contributed by atoms with E-state index in [-0.39, 0.29) is 11.5 Å². The molecule has 0 spiro atoms. The molecule has 0 radical (unpaired) electrons. The fourth-order valence-corrected chi connectivity index (χ4v) is 4.21. The molecule has 19 heavy (non-hydrogen) atoms. The number of rotatable bonds is 4. The van der Waals surface area contributed by atoms with E-state index in [1.54, 1.807) is 6.92 Å². The van der Waals surface area contributed by atoms with Crippen molar-refractivity contribution >= 4 is 10.0 Å². The number of furan rings is 1. The Morgan fingerprint density at radius 1 is 1.42 bits per heavy atom. The van der Waals surface area contributed by atoms with Gasteiger partial charge in [-0.2, -0.15) is 4.31 Å². The molecule has 1 aromatic heterocycles. The molecule has 0 aliphatic carbocycles. The molecule has 0 unspecified atom stereocenters. The highest BCUT2D eigenvalue weighted by molar-refractivity contribution is 7.89. The summed E-state index contributed by atoms with van der Waals surface area (Å²) in [6.45, 7) is 4.61. The lowest BCUT2D eigenvalue weighted by Crippen LogP contribution is -2.38. The quantitative estimate of drug-likeness (QED) is 0.918. The van der Waals surface area contributed by atoms with Crippen LogP contribution in [0.5, 0.6) is 0 Å². The summed E-state index contributed by atoms with van der Waals surface area (Å²) in [5, 5.41) is 9.02. The summed E-state index contributed by atoms with van der Waals surface area (Å²) in [6.07, 6.45) is 2.94. The van der Waals surface area contributed by atoms with Crippen molar-refractivity contribution in [3.05, 3.63) is 17.6 Å². The maximum atomic E-state index is 12.5. The summed E-state index contributed by atoms with van der Waals surface area (Å²) in [4.78, 5) is 0.187. The molecule has 1 aliphatic heterocycles. The molecule has 1 saturated heterocycles. The van der Waals surface area contributed by atoms with Crippen molar-refractivity contribution in [3.8, 4) is 0 Å². The van der Waals surface area contributed by atoms with Crippen LogP contribution < -0.4 is 0 Å². The van der Waals surface area contributed by atoms with Gasteiger partial charge >= 0.3 is 0 Å². The Hall–Kier alpha value is -0.850. The first-order chi connectivity index (χ1) is 8.98. The Balaban J connectivity index is 2.20. The van der Waals surface area contributed by atoms with Gasteiger partial charge in [0.15, 0.2) is 0 Å². The van der Waals surface area contributed by atoms with Gasteiger partial charge in [0.05, 0.1) is 0 Å². The van der Waals surface area contributed by atoms with E-state index < -0.39 is 10.0 Å². The van der Waals surface area contributed by atoms with Crippen molar-refractivity contribution < 1.29 is 17.9 Å². The summed E-state index contributed by atoms with van der Waals surface area (Å²) in [5.74, 6) is 1.27. The first-order valence-electron chi connectivity index (χ1n) is 6.69. The Morgan fingerprint density at radius 3 is 2.53 bits per heavy atom. The number of aryl methyl sites for hydroxylation is 1. The fourth-order valence-electron chi connectivity index (χ4n) is 2.56. The van der Waals surface area contributed by atoms with Crippen LogP contribution in [0.1, 0.15) is 37.7 Å². The van der Waals surface area contributed by atoms with Gasteiger partial charge in [0.25, 0.3) is 0 Å². The van der Waals surface area contributed by atoms with Gasteiger partial charge in [0.1, 0.15) is 23.0 Å². The van der Waals surface area contributed by atoms with Crippen LogP contribution in [0.3, 0.4) is 0 Å². The molecular weight excluding hydrogens is 266 g/mol. The van der Waals surface area contributed by atoms with Gasteiger partial charge in [-0.25, -0.2) is 8.42 Å². The van der Waals surface area contributed by atoms with Gasteiger partial charge in [0, 0.05) is 19.2 Å². The number of hydrogen-bond donors (Lipinski definition) is 1. The minimum Gasteiger partial charge on any atom is -0.462 e. The normalized spacial score (nSPS) is 18.9. The lowest BCUT2D eigenvalue weighted by atomic mass is 9.96. The number of hydrogen-bond acceptors (Lipinski definition) is 4. The standard InChI is InChI=1S/C13H21NO4S/c1-3-11-4-6-14(7-5-11)19(16,17)13-8-12(9-15)18-10(13)2/h8,11,15H,3-7,9H2,1-2H3. The van der Waals surface area contributed by atoms with Crippen molar-refractivity contribution in [3.63, 3.8) is 0 Å². The second kappa shape index (κ2) is 5.64. The van der Waals surface area contributed by atoms with Gasteiger partial charge in [0.2, 0.25) is 10.0 Å². The van der Waals surface area contributed by atoms with Gasteiger partial charge < -0.3 is 9.52 Å². The van der Waals surface area contributed by atoms with E-state index in [4.69, 9.17) is 9.52 Å². The molecule has 2 rings (SSSR count). The number of nitrogens with zero attached hydrogens (tertiary/aromatic N) is 1. The van der Waals surface area contributed by atoms with Gasteiger partial charge in [-0.15, -0.1) is 0 Å². The van der Waals surface area contributed by atoms with E-state index in [9.17, 15) is 8.42 Å². The van der Waals surface area contributed by atoms with Crippen LogP contribution in [0, 0.1) is 12.8 Å². The highest BCUT2D eigenvalue weighted by Gasteiger charge is 2.31. The van der Waals surface area contributed by atoms with Crippen LogP contribution >= 0.6 is 0 Å². The maximum Gasteiger partial charge on any atom is 0.246 e. The topological polar surface area (TPSA) is 70.8 Å². The Labute approximate surface area is 114 Å². The molecule has 0 amide bonds. The zero-order valence-electron chi connectivity index (χ0n) is 11.4. The summed E-state index contributed by atoms with van der Waals surface area (Å²) >= 11 is 0. The summed E-state index contributed by atoms with van der Waals surface area (Å²) in [5.41, 5.74) is 0. The van der Waals surface area contributed by atoms with Crippen LogP contribution in [0.2, 0.25) is 0 Å². The molecular formula is C13H21NO4S. The van der Waals surface area contributed by atoms with Gasteiger partial charge in [-0.1, -0.05) is 13.3 Å². The molecule has 1 aliphatic rings. The third kappa shape index (κ3) is 2.85. The number of aliphatic hydroxyl groups is 1. The largest absolute Gasteiger partial charge is 0.462 e. The van der Waals surface area contributed by atoms with Crippen molar-refractivity contribution in [1.29, 1.82) is 0 Å². The average Bonchev–Trinajstić information content (AvgIpc) is 2.81. The van der Waals surface area contributed by atoms with E-state index in [0.717, 1.165) is 19.3 Å². The SMILES string of the molecule is CCC1CCN(S(=O)(=O)c2cc(CO)oc2C)CC1. The fraction of sp³-hybridized carbons (Fsp3) is 0.692. The van der Waals surface area contributed by atoms with Crippen LogP contribution in [0.15, 0.2) is 15.4 Å². The Kier molecular flexibility index (Phi) is 4.32. The van der Waals surface area contributed by atoms with Crippen molar-refractivity contribution in [1.82, 2.24) is 4.31 Å². The first kappa shape index (κ1) is 14.6. The molecule has 5 nitrogen and oxygen atoms in total. The summed E-state index contributed by atoms with van der Waals surface area (Å²) < 4.78 is 31.8. The van der Waals surface area contributed by atoms with E-state index in [1.807, 2.05) is 0 Å². The maximum absolute atomic E-state index is 12.5. The summed E-state index contributed by atoms with van der Waals surface area (Å²) in [6, 6.07) is 1.43. The van der Waals surface area contributed by atoms with Crippen LogP contribution in [0.4, 0.5) is 0 Å². The van der Waals surface area contributed by atoms with Crippen LogP contribution in [-0.4, -0.2) is 30.9 Å². The second-order valence-electron chi connectivity index (χ2n) is 5.05. The number of piperidine rings is 1. The smallest absolute Gasteiger partial charge is 0.246 e. The van der Waals surface area contributed by atoms with Crippen LogP contribution in [-0.2, 0) is 16.6 Å². The highest BCUT2D eigenvalue weighted by Crippen LogP contribution is 2.28. The summed E-state index contributed by atoms with van der Waals surface area (Å²) in [7, 11) is -3.49. The first-order valence-corrected chi connectivity index (χ1v) is 8.13. The molecule has 0 aromatic carbocycles. The highest BCUT2D eigenvalue weighted by atomic mass is 32.2. The Bertz CT molecular complexity index is 527. The second-order valence-corrected chi connectivity index (χ2v) is 6.95. The third-order valence-corrected chi connectivity index (χ3v) is 5.85. The van der Waals surface area contributed by atoms with E-state index in [2.05, 4.69) is 6.92 Å². The lowest BCUT2D eigenvalue weighted by Gasteiger charge is -2.30. The minimum absolute atomic E-state index is 0.187. The van der Waals surface area contributed by atoms with E-state index in [1.165, 1.54) is 10.4 Å². The zero-order chi connectivity index (χ0) is 14.0. The number of sulfonamides is 1. The predicted molar refractivity (Wildman–Crippen MR) is 71.1 cm³/mol. The van der Waals surface area contributed by atoms with E-state index >= 15 is 0 Å². The van der Waals surface area contributed by atoms with E-state index in [0.29, 0.717) is 30.5 Å². The Morgan fingerprint density at radius 2 is 2.05 bits per heavy atom. The minimum atomic E-state index is -3.49. The molecule has 108 valence electrons. The molecule has 1 N–H and O–H groups in total. The monoisotopic (exact) mass is 287 g/mol. The van der Waals surface area contributed by atoms with Crippen LogP contribution in [0.25, 0.3) is 0 Å². The van der Waals surface area contributed by atoms with Crippen molar-refractivity contribution in [2.45, 2.75) is 44.6 Å². The molecule has 0 saturated carbocycles. The number of aliphatic hydroxyl groups excluding tert-OH is 1. The molecule has 0 bridgehead atoms. The molecule has 0 atom stereocenters. The van der Waals surface area contributed by atoms with Gasteiger partial charge in [-0.3, -0.25) is 0 Å².